The van der Waals surface area contributed by atoms with Crippen LogP contribution in [-0.4, -0.2) is 72.0 Å². The molecule has 3 N–H and O–H groups in total. The van der Waals surface area contributed by atoms with Crippen LogP contribution in [0.2, 0.25) is 0 Å². The molecule has 1 heterocycles. The molecule has 0 bridgehead atoms. The van der Waals surface area contributed by atoms with Crippen LogP contribution >= 0.6 is 11.3 Å². The summed E-state index contributed by atoms with van der Waals surface area (Å²) in [6.07, 6.45) is 2.47. The number of hydrogen-bond donors (Lipinski definition) is 3. The van der Waals surface area contributed by atoms with Crippen molar-refractivity contribution in [3.8, 4) is 22.8 Å². The smallest absolute Gasteiger partial charge is 0.285 e. The van der Waals surface area contributed by atoms with Gasteiger partial charge in [0, 0.05) is 16.0 Å². The standard InChI is InChI=1S/C27H35N3O9S3/c1-19(2)26-25(29-20(3)40-26)21-7-11-23(12-8-21)38-15-5-4-6-16-39-24-13-9-22(10-14-24)27(28-17-41(32,33)34)30(31)18-42(35,36)37/h7-14,19,31H,4-6,15-18H2,1-3H3,(H,32,33,34)(H,35,36,37). The van der Waals surface area contributed by atoms with Gasteiger partial charge in [-0.1, -0.05) is 13.8 Å². The third-order valence-corrected chi connectivity index (χ3v) is 8.06. The molecule has 0 aliphatic carbocycles. The summed E-state index contributed by atoms with van der Waals surface area (Å²) in [6, 6.07) is 13.9. The van der Waals surface area contributed by atoms with E-state index in [0.29, 0.717) is 24.9 Å². The summed E-state index contributed by atoms with van der Waals surface area (Å²) in [7, 11) is -9.18. The van der Waals surface area contributed by atoms with Gasteiger partial charge in [0.25, 0.3) is 20.2 Å². The highest BCUT2D eigenvalue weighted by Gasteiger charge is 2.19. The van der Waals surface area contributed by atoms with Gasteiger partial charge in [-0.15, -0.1) is 11.3 Å². The Balaban J connectivity index is 1.43. The largest absolute Gasteiger partial charge is 0.494 e. The maximum atomic E-state index is 11.1. The number of unbranched alkanes of at least 4 members (excludes halogenated alkanes) is 2. The third-order valence-electron chi connectivity index (χ3n) is 5.76. The van der Waals surface area contributed by atoms with Gasteiger partial charge in [0.15, 0.2) is 17.6 Å². The van der Waals surface area contributed by atoms with E-state index in [4.69, 9.17) is 23.6 Å². The second-order valence-corrected chi connectivity index (χ2v) is 13.8. The van der Waals surface area contributed by atoms with Gasteiger partial charge in [-0.05, 0) is 80.6 Å². The molecule has 3 aromatic rings. The first-order valence-corrected chi connectivity index (χ1v) is 17.1. The molecule has 0 aliphatic heterocycles. The SMILES string of the molecule is Cc1nc(-c2ccc(OCCCCCOc3ccc(C(=NCS(=O)(=O)O)N(O)CS(=O)(=O)O)cc3)cc2)c(C(C)C)s1. The van der Waals surface area contributed by atoms with Gasteiger partial charge in [0.2, 0.25) is 0 Å². The molecule has 0 amide bonds. The molecule has 3 rings (SSSR count). The van der Waals surface area contributed by atoms with E-state index in [2.05, 4.69) is 18.8 Å². The predicted octanol–water partition coefficient (Wildman–Crippen LogP) is 5.00. The second-order valence-electron chi connectivity index (χ2n) is 9.71. The number of aryl methyl sites for hydroxylation is 1. The van der Waals surface area contributed by atoms with Crippen LogP contribution in [0.15, 0.2) is 53.5 Å². The van der Waals surface area contributed by atoms with Crippen molar-refractivity contribution in [3.05, 3.63) is 64.0 Å². The summed E-state index contributed by atoms with van der Waals surface area (Å²) in [6.45, 7) is 7.35. The molecular weight excluding hydrogens is 607 g/mol. The molecule has 0 radical (unpaired) electrons. The number of ether oxygens (including phenoxy) is 2. The quantitative estimate of drug-likeness (QED) is 0.0669. The maximum Gasteiger partial charge on any atom is 0.285 e. The first-order chi connectivity index (χ1) is 19.7. The Morgan fingerprint density at radius 3 is 1.95 bits per heavy atom. The highest BCUT2D eigenvalue weighted by Crippen LogP contribution is 2.34. The number of thiazole rings is 1. The van der Waals surface area contributed by atoms with Crippen LogP contribution in [0, 0.1) is 6.92 Å². The summed E-state index contributed by atoms with van der Waals surface area (Å²) < 4.78 is 73.8. The number of amidine groups is 1. The Bertz CT molecular complexity index is 1550. The monoisotopic (exact) mass is 641 g/mol. The summed E-state index contributed by atoms with van der Waals surface area (Å²) >= 11 is 1.73. The summed E-state index contributed by atoms with van der Waals surface area (Å²) in [5, 5.41) is 11.1. The number of hydroxylamine groups is 2. The van der Waals surface area contributed by atoms with Gasteiger partial charge in [0.05, 0.1) is 23.9 Å². The molecule has 0 aliphatic rings. The van der Waals surface area contributed by atoms with Crippen LogP contribution in [0.5, 0.6) is 11.5 Å². The normalized spacial score (nSPS) is 12.5. The van der Waals surface area contributed by atoms with E-state index in [1.165, 1.54) is 29.1 Å². The van der Waals surface area contributed by atoms with Crippen molar-refractivity contribution >= 4 is 37.4 Å². The van der Waals surface area contributed by atoms with Crippen molar-refractivity contribution < 1.29 is 40.6 Å². The van der Waals surface area contributed by atoms with Gasteiger partial charge in [-0.3, -0.25) is 14.3 Å². The van der Waals surface area contributed by atoms with Crippen LogP contribution in [0.25, 0.3) is 11.3 Å². The summed E-state index contributed by atoms with van der Waals surface area (Å²) in [5.41, 5.74) is 2.24. The highest BCUT2D eigenvalue weighted by atomic mass is 32.2. The zero-order valence-electron chi connectivity index (χ0n) is 23.5. The molecule has 0 saturated heterocycles. The molecule has 0 fully saturated rings. The van der Waals surface area contributed by atoms with Crippen molar-refractivity contribution in [2.24, 2.45) is 4.99 Å². The lowest BCUT2D eigenvalue weighted by atomic mass is 10.1. The lowest BCUT2D eigenvalue weighted by molar-refractivity contribution is 0.00335. The molecule has 0 unspecified atom stereocenters. The fourth-order valence-electron chi connectivity index (χ4n) is 3.89. The van der Waals surface area contributed by atoms with Gasteiger partial charge >= 0.3 is 0 Å². The fraction of sp³-hybridized carbons (Fsp3) is 0.407. The molecule has 230 valence electrons. The van der Waals surface area contributed by atoms with Crippen molar-refractivity contribution in [2.45, 2.75) is 46.0 Å². The van der Waals surface area contributed by atoms with E-state index >= 15 is 0 Å². The van der Waals surface area contributed by atoms with Crippen LogP contribution in [-0.2, 0) is 20.2 Å². The van der Waals surface area contributed by atoms with E-state index in [1.807, 2.05) is 31.2 Å². The summed E-state index contributed by atoms with van der Waals surface area (Å²) in [5.74, 6) is -1.16. The highest BCUT2D eigenvalue weighted by molar-refractivity contribution is 7.86. The maximum absolute atomic E-state index is 11.1. The van der Waals surface area contributed by atoms with E-state index in [9.17, 15) is 22.0 Å². The Hall–Kier alpha value is -3.08. The number of hydrogen-bond acceptors (Lipinski definition) is 10. The second kappa shape index (κ2) is 14.9. The minimum atomic E-state index is -4.64. The minimum absolute atomic E-state index is 0.0666. The van der Waals surface area contributed by atoms with E-state index in [-0.39, 0.29) is 10.6 Å². The third kappa shape index (κ3) is 11.0. The predicted molar refractivity (Wildman–Crippen MR) is 161 cm³/mol. The topological polar surface area (TPSA) is 176 Å². The number of aromatic nitrogens is 1. The van der Waals surface area contributed by atoms with Crippen molar-refractivity contribution in [3.63, 3.8) is 0 Å². The van der Waals surface area contributed by atoms with E-state index < -0.39 is 37.8 Å². The number of nitrogens with zero attached hydrogens (tertiary/aromatic N) is 3. The zero-order valence-corrected chi connectivity index (χ0v) is 26.0. The van der Waals surface area contributed by atoms with E-state index in [1.54, 1.807) is 11.3 Å². The Kier molecular flexibility index (Phi) is 11.8. The number of aliphatic imine (C=N–C) groups is 1. The average Bonchev–Trinajstić information content (AvgIpc) is 3.30. The first-order valence-electron chi connectivity index (χ1n) is 13.1. The first kappa shape index (κ1) is 33.4. The molecular formula is C27H35N3O9S3. The van der Waals surface area contributed by atoms with Crippen LogP contribution in [0.1, 0.15) is 54.5 Å². The van der Waals surface area contributed by atoms with Crippen LogP contribution < -0.4 is 9.47 Å². The minimum Gasteiger partial charge on any atom is -0.494 e. The number of benzene rings is 2. The van der Waals surface area contributed by atoms with Crippen LogP contribution in [0.3, 0.4) is 0 Å². The number of rotatable bonds is 15. The average molecular weight is 642 g/mol. The van der Waals surface area contributed by atoms with Crippen LogP contribution in [0.4, 0.5) is 0 Å². The van der Waals surface area contributed by atoms with Gasteiger partial charge in [0.1, 0.15) is 11.5 Å². The Labute approximate surface area is 250 Å². The molecule has 0 spiro atoms. The fourth-order valence-corrected chi connectivity index (χ4v) is 5.56. The molecule has 0 saturated carbocycles. The molecule has 42 heavy (non-hydrogen) atoms. The van der Waals surface area contributed by atoms with Gasteiger partial charge in [-0.2, -0.15) is 16.8 Å². The molecule has 2 aromatic carbocycles. The van der Waals surface area contributed by atoms with Crippen molar-refractivity contribution in [2.75, 3.05) is 25.0 Å². The Morgan fingerprint density at radius 2 is 1.45 bits per heavy atom. The molecule has 15 heteroatoms. The lowest BCUT2D eigenvalue weighted by Crippen LogP contribution is -2.33. The summed E-state index contributed by atoms with van der Waals surface area (Å²) in [4.78, 5) is 9.53. The van der Waals surface area contributed by atoms with Gasteiger partial charge < -0.3 is 9.47 Å². The van der Waals surface area contributed by atoms with Gasteiger partial charge in [-0.25, -0.2) is 15.0 Å². The van der Waals surface area contributed by atoms with Crippen molar-refractivity contribution in [1.29, 1.82) is 0 Å². The van der Waals surface area contributed by atoms with E-state index in [0.717, 1.165) is 41.3 Å². The van der Waals surface area contributed by atoms with Crippen molar-refractivity contribution in [1.82, 2.24) is 10.0 Å². The molecule has 0 atom stereocenters. The zero-order chi connectivity index (χ0) is 30.9. The lowest BCUT2D eigenvalue weighted by Gasteiger charge is -2.18. The molecule has 1 aromatic heterocycles. The Morgan fingerprint density at radius 1 is 0.905 bits per heavy atom. The molecule has 12 nitrogen and oxygen atoms in total.